The highest BCUT2D eigenvalue weighted by Crippen LogP contribution is 2.20. The van der Waals surface area contributed by atoms with Crippen LogP contribution in [0.15, 0.2) is 24.5 Å². The van der Waals surface area contributed by atoms with Crippen molar-refractivity contribution < 1.29 is 9.90 Å². The molecule has 0 aliphatic heterocycles. The standard InChI is InChI=1S/C9H7N3O2/c10-5-1-2-6-8(7(5)9(13)14)12-4-3-11-6/h1-4H,10H2,(H,13,14). The summed E-state index contributed by atoms with van der Waals surface area (Å²) in [5, 5.41) is 8.92. The van der Waals surface area contributed by atoms with Gasteiger partial charge >= 0.3 is 5.97 Å². The molecule has 5 heteroatoms. The smallest absolute Gasteiger partial charge is 0.340 e. The van der Waals surface area contributed by atoms with E-state index in [1.165, 1.54) is 18.5 Å². The van der Waals surface area contributed by atoms with Crippen LogP contribution < -0.4 is 5.73 Å². The molecule has 0 fully saturated rings. The molecule has 0 amide bonds. The molecular formula is C9H7N3O2. The second-order valence-electron chi connectivity index (χ2n) is 2.76. The zero-order valence-corrected chi connectivity index (χ0v) is 7.14. The van der Waals surface area contributed by atoms with E-state index in [0.717, 1.165) is 0 Å². The third-order valence-electron chi connectivity index (χ3n) is 1.89. The number of nitrogens with zero attached hydrogens (tertiary/aromatic N) is 2. The van der Waals surface area contributed by atoms with Gasteiger partial charge in [-0.1, -0.05) is 0 Å². The Bertz CT molecular complexity index is 510. The fraction of sp³-hybridized carbons (Fsp3) is 0. The predicted octanol–water partition coefficient (Wildman–Crippen LogP) is 0.910. The summed E-state index contributed by atoms with van der Waals surface area (Å²) in [7, 11) is 0. The molecule has 1 heterocycles. The molecule has 2 rings (SSSR count). The van der Waals surface area contributed by atoms with Gasteiger partial charge in [0.1, 0.15) is 11.1 Å². The quantitative estimate of drug-likeness (QED) is 0.651. The first-order valence-corrected chi connectivity index (χ1v) is 3.92. The van der Waals surface area contributed by atoms with Crippen molar-refractivity contribution in [1.29, 1.82) is 0 Å². The molecule has 0 unspecified atom stereocenters. The Labute approximate surface area is 79.2 Å². The van der Waals surface area contributed by atoms with Crippen LogP contribution in [-0.4, -0.2) is 21.0 Å². The number of carboxylic acid groups (broad SMARTS) is 1. The van der Waals surface area contributed by atoms with Crippen LogP contribution in [0.5, 0.6) is 0 Å². The number of carbonyl (C=O) groups is 1. The van der Waals surface area contributed by atoms with Gasteiger partial charge < -0.3 is 10.8 Å². The number of nitrogens with two attached hydrogens (primary N) is 1. The van der Waals surface area contributed by atoms with Crippen LogP contribution in [0, 0.1) is 0 Å². The summed E-state index contributed by atoms with van der Waals surface area (Å²) in [6.45, 7) is 0. The first-order valence-electron chi connectivity index (χ1n) is 3.92. The van der Waals surface area contributed by atoms with Crippen molar-refractivity contribution in [3.8, 4) is 0 Å². The molecule has 0 aliphatic carbocycles. The van der Waals surface area contributed by atoms with Gasteiger partial charge in [0.25, 0.3) is 0 Å². The van der Waals surface area contributed by atoms with Crippen LogP contribution in [0.2, 0.25) is 0 Å². The zero-order chi connectivity index (χ0) is 10.1. The van der Waals surface area contributed by atoms with Gasteiger partial charge in [0, 0.05) is 18.1 Å². The second-order valence-corrected chi connectivity index (χ2v) is 2.76. The lowest BCUT2D eigenvalue weighted by molar-refractivity contribution is 0.0700. The van der Waals surface area contributed by atoms with Crippen LogP contribution in [0.3, 0.4) is 0 Å². The van der Waals surface area contributed by atoms with Gasteiger partial charge in [0.05, 0.1) is 5.52 Å². The third-order valence-corrected chi connectivity index (χ3v) is 1.89. The maximum atomic E-state index is 10.9. The lowest BCUT2D eigenvalue weighted by Gasteiger charge is -2.03. The molecule has 5 nitrogen and oxygen atoms in total. The average molecular weight is 189 g/mol. The summed E-state index contributed by atoms with van der Waals surface area (Å²) >= 11 is 0. The molecule has 1 aromatic carbocycles. The van der Waals surface area contributed by atoms with E-state index in [1.807, 2.05) is 0 Å². The van der Waals surface area contributed by atoms with Gasteiger partial charge in [-0.3, -0.25) is 9.97 Å². The SMILES string of the molecule is Nc1ccc2nccnc2c1C(=O)O. The number of hydrogen-bond donors (Lipinski definition) is 2. The van der Waals surface area contributed by atoms with Crippen molar-refractivity contribution in [2.24, 2.45) is 0 Å². The third kappa shape index (κ3) is 1.15. The summed E-state index contributed by atoms with van der Waals surface area (Å²) in [4.78, 5) is 18.8. The van der Waals surface area contributed by atoms with Gasteiger partial charge in [0.15, 0.2) is 0 Å². The molecule has 0 spiro atoms. The van der Waals surface area contributed by atoms with Crippen LogP contribution in [0.1, 0.15) is 10.4 Å². The van der Waals surface area contributed by atoms with E-state index in [4.69, 9.17) is 10.8 Å². The minimum Gasteiger partial charge on any atom is -0.478 e. The highest BCUT2D eigenvalue weighted by atomic mass is 16.4. The zero-order valence-electron chi connectivity index (χ0n) is 7.14. The van der Waals surface area contributed by atoms with E-state index in [0.29, 0.717) is 11.0 Å². The molecule has 0 bridgehead atoms. The fourth-order valence-corrected chi connectivity index (χ4v) is 1.28. The van der Waals surface area contributed by atoms with Gasteiger partial charge in [-0.2, -0.15) is 0 Å². The van der Waals surface area contributed by atoms with Gasteiger partial charge in [-0.25, -0.2) is 4.79 Å². The van der Waals surface area contributed by atoms with Crippen LogP contribution in [0.4, 0.5) is 5.69 Å². The maximum absolute atomic E-state index is 10.9. The van der Waals surface area contributed by atoms with Crippen molar-refractivity contribution in [1.82, 2.24) is 9.97 Å². The monoisotopic (exact) mass is 189 g/mol. The minimum atomic E-state index is -1.09. The number of aromatic nitrogens is 2. The Kier molecular flexibility index (Phi) is 1.78. The molecule has 1 aromatic heterocycles. The van der Waals surface area contributed by atoms with E-state index >= 15 is 0 Å². The summed E-state index contributed by atoms with van der Waals surface area (Å²) in [5.74, 6) is -1.09. The van der Waals surface area contributed by atoms with E-state index in [2.05, 4.69) is 9.97 Å². The fourth-order valence-electron chi connectivity index (χ4n) is 1.28. The molecular weight excluding hydrogens is 182 g/mol. The van der Waals surface area contributed by atoms with Crippen molar-refractivity contribution in [2.75, 3.05) is 5.73 Å². The van der Waals surface area contributed by atoms with Gasteiger partial charge in [-0.05, 0) is 12.1 Å². The Morgan fingerprint density at radius 3 is 2.71 bits per heavy atom. The number of aromatic carboxylic acids is 1. The lowest BCUT2D eigenvalue weighted by atomic mass is 10.1. The number of nitrogen functional groups attached to an aromatic ring is 1. The Morgan fingerprint density at radius 2 is 2.00 bits per heavy atom. The van der Waals surface area contributed by atoms with Crippen molar-refractivity contribution >= 4 is 22.7 Å². The molecule has 0 saturated heterocycles. The Hall–Kier alpha value is -2.17. The number of fused-ring (bicyclic) bond motifs is 1. The number of anilines is 1. The minimum absolute atomic E-state index is 0.00981. The largest absolute Gasteiger partial charge is 0.478 e. The highest BCUT2D eigenvalue weighted by molar-refractivity contribution is 6.05. The molecule has 70 valence electrons. The van der Waals surface area contributed by atoms with E-state index < -0.39 is 5.97 Å². The molecule has 0 radical (unpaired) electrons. The molecule has 2 aromatic rings. The maximum Gasteiger partial charge on any atom is 0.340 e. The molecule has 0 aliphatic rings. The Balaban J connectivity index is 2.90. The van der Waals surface area contributed by atoms with Crippen molar-refractivity contribution in [3.63, 3.8) is 0 Å². The summed E-state index contributed by atoms with van der Waals surface area (Å²) in [5.41, 5.74) is 6.59. The van der Waals surface area contributed by atoms with E-state index in [9.17, 15) is 4.79 Å². The average Bonchev–Trinajstić information content (AvgIpc) is 2.17. The Morgan fingerprint density at radius 1 is 1.29 bits per heavy atom. The summed E-state index contributed by atoms with van der Waals surface area (Å²) in [6.07, 6.45) is 2.94. The number of hydrogen-bond acceptors (Lipinski definition) is 4. The van der Waals surface area contributed by atoms with E-state index in [-0.39, 0.29) is 11.3 Å². The number of rotatable bonds is 1. The van der Waals surface area contributed by atoms with Crippen molar-refractivity contribution in [3.05, 3.63) is 30.1 Å². The molecule has 0 atom stereocenters. The normalized spacial score (nSPS) is 10.3. The first kappa shape index (κ1) is 8.43. The summed E-state index contributed by atoms with van der Waals surface area (Å²) in [6, 6.07) is 3.16. The second kappa shape index (κ2) is 2.95. The van der Waals surface area contributed by atoms with Gasteiger partial charge in [0.2, 0.25) is 0 Å². The van der Waals surface area contributed by atoms with Crippen LogP contribution in [-0.2, 0) is 0 Å². The molecule has 3 N–H and O–H groups in total. The number of benzene rings is 1. The van der Waals surface area contributed by atoms with Gasteiger partial charge in [-0.15, -0.1) is 0 Å². The molecule has 14 heavy (non-hydrogen) atoms. The van der Waals surface area contributed by atoms with Crippen LogP contribution >= 0.6 is 0 Å². The van der Waals surface area contributed by atoms with Crippen molar-refractivity contribution in [2.45, 2.75) is 0 Å². The molecule has 0 saturated carbocycles. The predicted molar refractivity (Wildman–Crippen MR) is 50.9 cm³/mol. The number of carboxylic acids is 1. The van der Waals surface area contributed by atoms with E-state index in [1.54, 1.807) is 6.07 Å². The topological polar surface area (TPSA) is 89.1 Å². The first-order chi connectivity index (χ1) is 6.70. The summed E-state index contributed by atoms with van der Waals surface area (Å²) < 4.78 is 0. The highest BCUT2D eigenvalue weighted by Gasteiger charge is 2.13. The lowest BCUT2D eigenvalue weighted by Crippen LogP contribution is -2.04. The van der Waals surface area contributed by atoms with Crippen LogP contribution in [0.25, 0.3) is 11.0 Å².